The van der Waals surface area contributed by atoms with E-state index in [1.54, 1.807) is 0 Å². The molecule has 17 heavy (non-hydrogen) atoms. The van der Waals surface area contributed by atoms with E-state index in [0.29, 0.717) is 13.0 Å². The van der Waals surface area contributed by atoms with Gasteiger partial charge in [0.05, 0.1) is 7.11 Å². The second kappa shape index (κ2) is 6.42. The fourth-order valence-electron chi connectivity index (χ4n) is 1.83. The Morgan fingerprint density at radius 1 is 1.47 bits per heavy atom. The maximum atomic E-state index is 11.9. The lowest BCUT2D eigenvalue weighted by Gasteiger charge is -2.26. The van der Waals surface area contributed by atoms with E-state index in [9.17, 15) is 13.2 Å². The summed E-state index contributed by atoms with van der Waals surface area (Å²) in [5.41, 5.74) is 0. The molecular weight excluding hydrogens is 268 g/mol. The molecule has 8 heteroatoms. The van der Waals surface area contributed by atoms with Crippen LogP contribution in [0.15, 0.2) is 0 Å². The number of rotatable bonds is 3. The van der Waals surface area contributed by atoms with Crippen LogP contribution < -0.4 is 4.72 Å². The van der Waals surface area contributed by atoms with Gasteiger partial charge in [-0.15, -0.1) is 11.6 Å². The molecule has 0 aromatic rings. The van der Waals surface area contributed by atoms with Crippen LogP contribution >= 0.6 is 11.6 Å². The van der Waals surface area contributed by atoms with Crippen LogP contribution in [-0.4, -0.2) is 44.4 Å². The highest BCUT2D eigenvalue weighted by atomic mass is 35.5. The number of halogens is 1. The van der Waals surface area contributed by atoms with Crippen LogP contribution in [0, 0.1) is 0 Å². The molecule has 0 aliphatic carbocycles. The number of alkyl halides is 1. The Morgan fingerprint density at radius 3 is 2.76 bits per heavy atom. The second-order valence-corrected chi connectivity index (χ2v) is 5.80. The Labute approximate surface area is 106 Å². The standard InChI is InChI=1S/C9H17ClN2O4S/c1-16-9(13)11-17(14,15)12-6-4-2-3-5-8(12)7-10/h8H,2-7H2,1H3,(H,11,13). The summed E-state index contributed by atoms with van der Waals surface area (Å²) in [4.78, 5) is 11.0. The molecule has 100 valence electrons. The predicted molar refractivity (Wildman–Crippen MR) is 64.1 cm³/mol. The Bertz CT molecular complexity index is 360. The maximum Gasteiger partial charge on any atom is 0.421 e. The summed E-state index contributed by atoms with van der Waals surface area (Å²) < 4.78 is 31.3. The topological polar surface area (TPSA) is 75.7 Å². The van der Waals surface area contributed by atoms with Gasteiger partial charge in [-0.25, -0.2) is 9.52 Å². The van der Waals surface area contributed by atoms with E-state index in [-0.39, 0.29) is 11.9 Å². The number of ether oxygens (including phenoxy) is 1. The predicted octanol–water partition coefficient (Wildman–Crippen LogP) is 1.07. The van der Waals surface area contributed by atoms with E-state index in [1.807, 2.05) is 4.72 Å². The maximum absolute atomic E-state index is 11.9. The molecule has 1 N–H and O–H groups in total. The van der Waals surface area contributed by atoms with E-state index in [2.05, 4.69) is 4.74 Å². The zero-order valence-electron chi connectivity index (χ0n) is 9.69. The Balaban J connectivity index is 2.82. The largest absolute Gasteiger partial charge is 0.452 e. The molecule has 1 amide bonds. The molecule has 1 fully saturated rings. The molecule has 0 aromatic carbocycles. The SMILES string of the molecule is COC(=O)NS(=O)(=O)N1CCCCCC1CCl. The summed E-state index contributed by atoms with van der Waals surface area (Å²) >= 11 is 5.77. The summed E-state index contributed by atoms with van der Waals surface area (Å²) in [6, 6.07) is -0.263. The molecule has 1 unspecified atom stereocenters. The number of hydrogen-bond acceptors (Lipinski definition) is 4. The van der Waals surface area contributed by atoms with Crippen molar-refractivity contribution in [1.29, 1.82) is 0 Å². The summed E-state index contributed by atoms with van der Waals surface area (Å²) in [6.45, 7) is 0.379. The lowest BCUT2D eigenvalue weighted by atomic mass is 10.1. The Kier molecular flexibility index (Phi) is 5.48. The second-order valence-electron chi connectivity index (χ2n) is 3.87. The number of carbonyl (C=O) groups is 1. The van der Waals surface area contributed by atoms with Crippen LogP contribution in [0.3, 0.4) is 0 Å². The van der Waals surface area contributed by atoms with Gasteiger partial charge in [0.15, 0.2) is 0 Å². The molecule has 1 atom stereocenters. The van der Waals surface area contributed by atoms with Crippen molar-refractivity contribution < 1.29 is 17.9 Å². The van der Waals surface area contributed by atoms with Crippen LogP contribution in [0.4, 0.5) is 4.79 Å². The van der Waals surface area contributed by atoms with Gasteiger partial charge in [-0.1, -0.05) is 12.8 Å². The molecular formula is C9H17ClN2O4S. The quantitative estimate of drug-likeness (QED) is 0.787. The number of nitrogens with one attached hydrogen (secondary N) is 1. The number of carbonyl (C=O) groups excluding carboxylic acids is 1. The van der Waals surface area contributed by atoms with E-state index in [0.717, 1.165) is 26.4 Å². The number of hydrogen-bond donors (Lipinski definition) is 1. The smallest absolute Gasteiger partial charge is 0.421 e. The first-order valence-corrected chi connectivity index (χ1v) is 7.42. The van der Waals surface area contributed by atoms with Gasteiger partial charge >= 0.3 is 16.3 Å². The van der Waals surface area contributed by atoms with Crippen molar-refractivity contribution in [1.82, 2.24) is 9.03 Å². The number of amides is 1. The molecule has 1 aliphatic heterocycles. The molecule has 1 rings (SSSR count). The third-order valence-electron chi connectivity index (χ3n) is 2.71. The Hall–Kier alpha value is -0.530. The average Bonchev–Trinajstić information content (AvgIpc) is 2.53. The van der Waals surface area contributed by atoms with Crippen molar-refractivity contribution >= 4 is 27.9 Å². The fraction of sp³-hybridized carbons (Fsp3) is 0.889. The molecule has 0 aromatic heterocycles. The van der Waals surface area contributed by atoms with Crippen molar-refractivity contribution in [2.75, 3.05) is 19.5 Å². The molecule has 6 nitrogen and oxygen atoms in total. The van der Waals surface area contributed by atoms with Gasteiger partial charge in [-0.3, -0.25) is 0 Å². The fourth-order valence-corrected chi connectivity index (χ4v) is 3.58. The first-order chi connectivity index (χ1) is 8.01. The van der Waals surface area contributed by atoms with Crippen LogP contribution in [0.5, 0.6) is 0 Å². The lowest BCUT2D eigenvalue weighted by Crippen LogP contribution is -2.48. The highest BCUT2D eigenvalue weighted by molar-refractivity contribution is 7.87. The zero-order valence-corrected chi connectivity index (χ0v) is 11.3. The average molecular weight is 285 g/mol. The Morgan fingerprint density at radius 2 is 2.18 bits per heavy atom. The summed E-state index contributed by atoms with van der Waals surface area (Å²) in [5.74, 6) is 0.224. The molecule has 0 saturated carbocycles. The molecule has 1 heterocycles. The van der Waals surface area contributed by atoms with Crippen LogP contribution in [0.2, 0.25) is 0 Å². The monoisotopic (exact) mass is 284 g/mol. The van der Waals surface area contributed by atoms with Gasteiger partial charge in [-0.05, 0) is 12.8 Å². The van der Waals surface area contributed by atoms with Gasteiger partial charge in [-0.2, -0.15) is 12.7 Å². The van der Waals surface area contributed by atoms with Gasteiger partial charge < -0.3 is 4.74 Å². The highest BCUT2D eigenvalue weighted by Gasteiger charge is 2.31. The van der Waals surface area contributed by atoms with E-state index < -0.39 is 16.3 Å². The molecule has 0 radical (unpaired) electrons. The summed E-state index contributed by atoms with van der Waals surface area (Å²) in [7, 11) is -2.74. The third-order valence-corrected chi connectivity index (χ3v) is 4.59. The van der Waals surface area contributed by atoms with Gasteiger partial charge in [0.25, 0.3) is 0 Å². The summed E-state index contributed by atoms with van der Waals surface area (Å²) in [5, 5.41) is 0. The first kappa shape index (κ1) is 14.5. The van der Waals surface area contributed by atoms with Crippen LogP contribution in [0.25, 0.3) is 0 Å². The lowest BCUT2D eigenvalue weighted by molar-refractivity contribution is 0.176. The van der Waals surface area contributed by atoms with E-state index in [4.69, 9.17) is 11.6 Å². The van der Waals surface area contributed by atoms with E-state index >= 15 is 0 Å². The normalized spacial score (nSPS) is 22.8. The number of nitrogens with zero attached hydrogens (tertiary/aromatic N) is 1. The first-order valence-electron chi connectivity index (χ1n) is 5.44. The third kappa shape index (κ3) is 4.01. The molecule has 1 aliphatic rings. The van der Waals surface area contributed by atoms with Crippen molar-refractivity contribution in [3.63, 3.8) is 0 Å². The summed E-state index contributed by atoms with van der Waals surface area (Å²) in [6.07, 6.45) is 2.42. The minimum atomic E-state index is -3.85. The van der Waals surface area contributed by atoms with Crippen molar-refractivity contribution in [2.24, 2.45) is 0 Å². The molecule has 1 saturated heterocycles. The van der Waals surface area contributed by atoms with Crippen LogP contribution in [-0.2, 0) is 14.9 Å². The number of methoxy groups -OCH3 is 1. The highest BCUT2D eigenvalue weighted by Crippen LogP contribution is 2.20. The van der Waals surface area contributed by atoms with Gasteiger partial charge in [0.1, 0.15) is 0 Å². The minimum absolute atomic E-state index is 0.224. The molecule has 0 spiro atoms. The van der Waals surface area contributed by atoms with E-state index in [1.165, 1.54) is 4.31 Å². The van der Waals surface area contributed by atoms with Crippen molar-refractivity contribution in [3.05, 3.63) is 0 Å². The van der Waals surface area contributed by atoms with Crippen LogP contribution in [0.1, 0.15) is 25.7 Å². The minimum Gasteiger partial charge on any atom is -0.452 e. The van der Waals surface area contributed by atoms with Crippen molar-refractivity contribution in [2.45, 2.75) is 31.7 Å². The zero-order chi connectivity index (χ0) is 12.9. The van der Waals surface area contributed by atoms with Crippen molar-refractivity contribution in [3.8, 4) is 0 Å². The van der Waals surface area contributed by atoms with Gasteiger partial charge in [0, 0.05) is 18.5 Å². The van der Waals surface area contributed by atoms with Gasteiger partial charge in [0.2, 0.25) is 0 Å². The molecule has 0 bridgehead atoms.